The molecule has 0 bridgehead atoms. The van der Waals surface area contributed by atoms with Crippen molar-refractivity contribution < 1.29 is 4.79 Å². The maximum absolute atomic E-state index is 11.5. The van der Waals surface area contributed by atoms with Crippen LogP contribution in [0.4, 0.5) is 10.5 Å². The second kappa shape index (κ2) is 4.49. The Hall–Kier alpha value is -1.75. The fourth-order valence-corrected chi connectivity index (χ4v) is 2.73. The quantitative estimate of drug-likeness (QED) is 0.746. The van der Waals surface area contributed by atoms with E-state index in [1.54, 1.807) is 0 Å². The largest absolute Gasteiger partial charge is 0.398 e. The Bertz CT molecular complexity index is 462. The number of anilines is 1. The molecule has 1 aromatic carbocycles. The monoisotopic (exact) mass is 246 g/mol. The van der Waals surface area contributed by atoms with Gasteiger partial charge in [0.05, 0.1) is 6.04 Å². The maximum atomic E-state index is 11.5. The van der Waals surface area contributed by atoms with Crippen molar-refractivity contribution in [1.82, 2.24) is 15.1 Å². The molecule has 96 valence electrons. The van der Waals surface area contributed by atoms with E-state index < -0.39 is 0 Å². The summed E-state index contributed by atoms with van der Waals surface area (Å²) < 4.78 is 0. The molecule has 5 heteroatoms. The molecule has 0 saturated carbocycles. The number of nitrogens with one attached hydrogen (secondary N) is 1. The lowest BCUT2D eigenvalue weighted by Gasteiger charge is -2.36. The third kappa shape index (κ3) is 2.01. The summed E-state index contributed by atoms with van der Waals surface area (Å²) in [7, 11) is 0. The van der Waals surface area contributed by atoms with Gasteiger partial charge in [0.1, 0.15) is 0 Å². The van der Waals surface area contributed by atoms with Crippen molar-refractivity contribution in [3.63, 3.8) is 0 Å². The lowest BCUT2D eigenvalue weighted by molar-refractivity contribution is 0.117. The summed E-state index contributed by atoms with van der Waals surface area (Å²) in [6, 6.07) is 8.38. The molecule has 1 unspecified atom stereocenters. The first-order valence-electron chi connectivity index (χ1n) is 6.34. The SMILES string of the molecule is Nc1ccccc1CN1CCN2C(=O)NCC2C1. The van der Waals surface area contributed by atoms with E-state index in [9.17, 15) is 4.79 Å². The number of benzene rings is 1. The number of carbonyl (C=O) groups excluding carboxylic acids is 1. The second-order valence-corrected chi connectivity index (χ2v) is 4.97. The molecule has 0 aliphatic carbocycles. The standard InChI is InChI=1S/C13H18N4O/c14-12-4-2-1-3-10(12)8-16-5-6-17-11(9-16)7-15-13(17)18/h1-4,11H,5-9,14H2,(H,15,18). The number of rotatable bonds is 2. The number of nitrogens with zero attached hydrogens (tertiary/aromatic N) is 2. The first-order chi connectivity index (χ1) is 8.74. The number of fused-ring (bicyclic) bond motifs is 1. The highest BCUT2D eigenvalue weighted by atomic mass is 16.2. The topological polar surface area (TPSA) is 61.6 Å². The lowest BCUT2D eigenvalue weighted by atomic mass is 10.1. The Kier molecular flexibility index (Phi) is 2.83. The number of hydrogen-bond acceptors (Lipinski definition) is 3. The molecule has 2 fully saturated rings. The highest BCUT2D eigenvalue weighted by Crippen LogP contribution is 2.18. The van der Waals surface area contributed by atoms with Crippen LogP contribution < -0.4 is 11.1 Å². The van der Waals surface area contributed by atoms with Crippen molar-refractivity contribution in [3.8, 4) is 0 Å². The lowest BCUT2D eigenvalue weighted by Crippen LogP contribution is -2.51. The van der Waals surface area contributed by atoms with Gasteiger partial charge in [0, 0.05) is 38.4 Å². The van der Waals surface area contributed by atoms with Gasteiger partial charge < -0.3 is 16.0 Å². The average Bonchev–Trinajstić information content (AvgIpc) is 2.74. The van der Waals surface area contributed by atoms with E-state index in [0.29, 0.717) is 6.04 Å². The highest BCUT2D eigenvalue weighted by molar-refractivity contribution is 5.77. The fraction of sp³-hybridized carbons (Fsp3) is 0.462. The molecular weight excluding hydrogens is 228 g/mol. The molecule has 3 rings (SSSR count). The van der Waals surface area contributed by atoms with Crippen LogP contribution >= 0.6 is 0 Å². The second-order valence-electron chi connectivity index (χ2n) is 4.97. The van der Waals surface area contributed by atoms with Crippen molar-refractivity contribution >= 4 is 11.7 Å². The number of hydrogen-bond donors (Lipinski definition) is 2. The summed E-state index contributed by atoms with van der Waals surface area (Å²) in [5, 5.41) is 2.89. The predicted molar refractivity (Wildman–Crippen MR) is 70.0 cm³/mol. The van der Waals surface area contributed by atoms with E-state index in [-0.39, 0.29) is 6.03 Å². The van der Waals surface area contributed by atoms with Gasteiger partial charge in [-0.15, -0.1) is 0 Å². The van der Waals surface area contributed by atoms with E-state index in [1.807, 2.05) is 23.1 Å². The first-order valence-corrected chi connectivity index (χ1v) is 6.34. The van der Waals surface area contributed by atoms with Crippen LogP contribution in [0.3, 0.4) is 0 Å². The minimum atomic E-state index is 0.0823. The smallest absolute Gasteiger partial charge is 0.317 e. The number of para-hydroxylation sites is 1. The van der Waals surface area contributed by atoms with Crippen LogP contribution in [0.5, 0.6) is 0 Å². The zero-order chi connectivity index (χ0) is 12.5. The minimum absolute atomic E-state index is 0.0823. The number of urea groups is 1. The van der Waals surface area contributed by atoms with Gasteiger partial charge in [-0.25, -0.2) is 4.79 Å². The number of carbonyl (C=O) groups is 1. The Labute approximate surface area is 107 Å². The molecular formula is C13H18N4O. The van der Waals surface area contributed by atoms with Crippen LogP contribution in [-0.4, -0.2) is 48.1 Å². The van der Waals surface area contributed by atoms with Gasteiger partial charge in [-0.2, -0.15) is 0 Å². The molecule has 2 aliphatic rings. The van der Waals surface area contributed by atoms with Gasteiger partial charge >= 0.3 is 6.03 Å². The summed E-state index contributed by atoms with van der Waals surface area (Å²) in [6.07, 6.45) is 0. The average molecular weight is 246 g/mol. The van der Waals surface area contributed by atoms with Gasteiger partial charge in [-0.3, -0.25) is 4.90 Å². The van der Waals surface area contributed by atoms with Crippen molar-refractivity contribution in [1.29, 1.82) is 0 Å². The molecule has 1 aromatic rings. The summed E-state index contributed by atoms with van der Waals surface area (Å²) in [5.74, 6) is 0. The molecule has 2 heterocycles. The molecule has 18 heavy (non-hydrogen) atoms. The zero-order valence-electron chi connectivity index (χ0n) is 10.3. The highest BCUT2D eigenvalue weighted by Gasteiger charge is 2.35. The predicted octanol–water partition coefficient (Wildman–Crippen LogP) is 0.478. The third-order valence-corrected chi connectivity index (χ3v) is 3.77. The Morgan fingerprint density at radius 3 is 3.00 bits per heavy atom. The van der Waals surface area contributed by atoms with E-state index in [0.717, 1.165) is 38.4 Å². The summed E-state index contributed by atoms with van der Waals surface area (Å²) in [4.78, 5) is 15.8. The Balaban J connectivity index is 1.66. The first kappa shape index (κ1) is 11.3. The number of nitrogens with two attached hydrogens (primary N) is 1. The fourth-order valence-electron chi connectivity index (χ4n) is 2.73. The molecule has 0 spiro atoms. The van der Waals surface area contributed by atoms with Crippen molar-refractivity contribution in [2.75, 3.05) is 31.9 Å². The number of nitrogen functional groups attached to an aromatic ring is 1. The van der Waals surface area contributed by atoms with E-state index in [4.69, 9.17) is 5.73 Å². The maximum Gasteiger partial charge on any atom is 0.317 e. The van der Waals surface area contributed by atoms with Crippen LogP contribution in [-0.2, 0) is 6.54 Å². The van der Waals surface area contributed by atoms with Crippen molar-refractivity contribution in [2.24, 2.45) is 0 Å². The normalized spacial score (nSPS) is 23.9. The van der Waals surface area contributed by atoms with Gasteiger partial charge in [-0.1, -0.05) is 18.2 Å². The van der Waals surface area contributed by atoms with Gasteiger partial charge in [0.2, 0.25) is 0 Å². The van der Waals surface area contributed by atoms with E-state index >= 15 is 0 Å². The number of amides is 2. The van der Waals surface area contributed by atoms with Gasteiger partial charge in [-0.05, 0) is 11.6 Å². The van der Waals surface area contributed by atoms with Crippen molar-refractivity contribution in [3.05, 3.63) is 29.8 Å². The molecule has 3 N–H and O–H groups in total. The Morgan fingerprint density at radius 2 is 2.17 bits per heavy atom. The zero-order valence-corrected chi connectivity index (χ0v) is 10.3. The van der Waals surface area contributed by atoms with Gasteiger partial charge in [0.25, 0.3) is 0 Å². The van der Waals surface area contributed by atoms with Crippen LogP contribution in [0.25, 0.3) is 0 Å². The summed E-state index contributed by atoms with van der Waals surface area (Å²) in [5.41, 5.74) is 7.98. The molecule has 0 aromatic heterocycles. The summed E-state index contributed by atoms with van der Waals surface area (Å²) in [6.45, 7) is 4.28. The van der Waals surface area contributed by atoms with Crippen LogP contribution in [0, 0.1) is 0 Å². The Morgan fingerprint density at radius 1 is 1.33 bits per heavy atom. The van der Waals surface area contributed by atoms with E-state index in [2.05, 4.69) is 16.3 Å². The molecule has 2 aliphatic heterocycles. The summed E-state index contributed by atoms with van der Waals surface area (Å²) >= 11 is 0. The van der Waals surface area contributed by atoms with Crippen LogP contribution in [0.2, 0.25) is 0 Å². The number of piperazine rings is 1. The molecule has 0 radical (unpaired) electrons. The molecule has 1 atom stereocenters. The molecule has 2 amide bonds. The molecule has 5 nitrogen and oxygen atoms in total. The van der Waals surface area contributed by atoms with E-state index in [1.165, 1.54) is 5.56 Å². The van der Waals surface area contributed by atoms with Crippen LogP contribution in [0.15, 0.2) is 24.3 Å². The van der Waals surface area contributed by atoms with Crippen LogP contribution in [0.1, 0.15) is 5.56 Å². The van der Waals surface area contributed by atoms with Gasteiger partial charge in [0.15, 0.2) is 0 Å². The minimum Gasteiger partial charge on any atom is -0.398 e. The molecule has 2 saturated heterocycles. The third-order valence-electron chi connectivity index (χ3n) is 3.77. The van der Waals surface area contributed by atoms with Crippen molar-refractivity contribution in [2.45, 2.75) is 12.6 Å².